The second-order valence-corrected chi connectivity index (χ2v) is 4.58. The van der Waals surface area contributed by atoms with Crippen molar-refractivity contribution in [1.29, 1.82) is 5.26 Å². The fourth-order valence-corrected chi connectivity index (χ4v) is 1.99. The third-order valence-corrected chi connectivity index (χ3v) is 2.97. The van der Waals surface area contributed by atoms with Crippen LogP contribution in [0.5, 0.6) is 0 Å². The van der Waals surface area contributed by atoms with E-state index < -0.39 is 5.97 Å². The number of nitrogens with zero attached hydrogens (tertiary/aromatic N) is 1. The summed E-state index contributed by atoms with van der Waals surface area (Å²) in [4.78, 5) is 11.1. The van der Waals surface area contributed by atoms with Gasteiger partial charge in [-0.1, -0.05) is 18.2 Å². The van der Waals surface area contributed by atoms with E-state index in [0.717, 1.165) is 16.8 Å². The number of benzene rings is 1. The van der Waals surface area contributed by atoms with Gasteiger partial charge in [0.05, 0.1) is 0 Å². The van der Waals surface area contributed by atoms with Crippen LogP contribution in [0.2, 0.25) is 0 Å². The Morgan fingerprint density at radius 1 is 1.42 bits per heavy atom. The molecule has 0 aromatic heterocycles. The van der Waals surface area contributed by atoms with Crippen molar-refractivity contribution in [3.63, 3.8) is 0 Å². The van der Waals surface area contributed by atoms with Gasteiger partial charge in [0.1, 0.15) is 6.07 Å². The Morgan fingerprint density at radius 2 is 2.00 bits per heavy atom. The number of carboxylic acids is 1. The summed E-state index contributed by atoms with van der Waals surface area (Å²) in [5.74, 6) is -0.760. The van der Waals surface area contributed by atoms with Gasteiger partial charge in [0.15, 0.2) is 5.57 Å². The molecule has 1 rings (SSSR count). The molecule has 0 atom stereocenters. The molecule has 0 heterocycles. The summed E-state index contributed by atoms with van der Waals surface area (Å²) in [5, 5.41) is 21.1. The number of para-hydroxylation sites is 1. The maximum Gasteiger partial charge on any atom is 0.348 e. The molecule has 0 fully saturated rings. The van der Waals surface area contributed by atoms with Gasteiger partial charge in [0.2, 0.25) is 0 Å². The molecule has 4 nitrogen and oxygen atoms in total. The van der Waals surface area contributed by atoms with Crippen molar-refractivity contribution in [3.05, 3.63) is 40.6 Å². The number of hydrogen-bond donors (Lipinski definition) is 3. The minimum Gasteiger partial charge on any atom is -0.477 e. The van der Waals surface area contributed by atoms with Gasteiger partial charge >= 0.3 is 5.97 Å². The number of aliphatic carboxylic acids is 1. The highest BCUT2D eigenvalue weighted by molar-refractivity contribution is 7.80. The summed E-state index contributed by atoms with van der Waals surface area (Å²) in [6.07, 6.45) is 0.395. The van der Waals surface area contributed by atoms with Gasteiger partial charge in [-0.2, -0.15) is 17.9 Å². The minimum absolute atomic E-state index is 0.267. The van der Waals surface area contributed by atoms with Gasteiger partial charge in [-0.3, -0.25) is 0 Å². The Balaban J connectivity index is 3.24. The summed E-state index contributed by atoms with van der Waals surface area (Å²) in [5.41, 5.74) is 2.96. The van der Waals surface area contributed by atoms with Crippen molar-refractivity contribution in [3.8, 4) is 6.07 Å². The van der Waals surface area contributed by atoms with E-state index >= 15 is 0 Å². The third-order valence-electron chi connectivity index (χ3n) is 2.75. The second-order valence-electron chi connectivity index (χ2n) is 4.14. The molecule has 0 radical (unpaired) electrons. The molecule has 0 aliphatic rings. The Labute approximate surface area is 118 Å². The summed E-state index contributed by atoms with van der Waals surface area (Å²) < 4.78 is 0. The van der Waals surface area contributed by atoms with Crippen LogP contribution in [0.1, 0.15) is 17.5 Å². The first-order valence-electron chi connectivity index (χ1n) is 5.82. The molecule has 19 heavy (non-hydrogen) atoms. The molecule has 0 unspecified atom stereocenters. The molecule has 2 N–H and O–H groups in total. The van der Waals surface area contributed by atoms with Gasteiger partial charge < -0.3 is 10.4 Å². The molecule has 0 spiro atoms. The van der Waals surface area contributed by atoms with Crippen LogP contribution in [0.25, 0.3) is 0 Å². The molecule has 0 saturated heterocycles. The molecular weight excluding hydrogens is 260 g/mol. The van der Waals surface area contributed by atoms with Crippen LogP contribution in [-0.2, 0) is 4.79 Å². The molecule has 0 saturated carbocycles. The van der Waals surface area contributed by atoms with E-state index in [-0.39, 0.29) is 5.57 Å². The maximum absolute atomic E-state index is 11.1. The molecule has 1 aromatic carbocycles. The first-order chi connectivity index (χ1) is 9.01. The molecule has 5 heteroatoms. The Kier molecular flexibility index (Phi) is 5.46. The number of carbonyl (C=O) groups is 1. The molecular formula is C14H16N2O2S. The Hall–Kier alpha value is -1.93. The van der Waals surface area contributed by atoms with Crippen molar-refractivity contribution >= 4 is 24.3 Å². The lowest BCUT2D eigenvalue weighted by molar-refractivity contribution is -0.132. The molecule has 0 aliphatic carbocycles. The van der Waals surface area contributed by atoms with Crippen LogP contribution < -0.4 is 5.32 Å². The maximum atomic E-state index is 11.1. The van der Waals surface area contributed by atoms with Crippen molar-refractivity contribution in [1.82, 2.24) is 0 Å². The molecule has 0 aliphatic heterocycles. The summed E-state index contributed by atoms with van der Waals surface area (Å²) in [7, 11) is 0. The van der Waals surface area contributed by atoms with Crippen LogP contribution in [0, 0.1) is 25.2 Å². The van der Waals surface area contributed by atoms with Crippen LogP contribution >= 0.6 is 12.6 Å². The van der Waals surface area contributed by atoms with Gasteiger partial charge in [-0.15, -0.1) is 0 Å². The third kappa shape index (κ3) is 3.76. The number of thiol groups is 1. The van der Waals surface area contributed by atoms with Crippen LogP contribution in [0.4, 0.5) is 5.69 Å². The summed E-state index contributed by atoms with van der Waals surface area (Å²) in [6, 6.07) is 7.52. The molecule has 0 amide bonds. The fourth-order valence-electron chi connectivity index (χ4n) is 1.77. The highest BCUT2D eigenvalue weighted by Gasteiger charge is 2.15. The number of nitriles is 1. The van der Waals surface area contributed by atoms with E-state index in [1.165, 1.54) is 0 Å². The predicted octanol–water partition coefficient (Wildman–Crippen LogP) is 2.90. The van der Waals surface area contributed by atoms with Crippen molar-refractivity contribution in [2.24, 2.45) is 0 Å². The van der Waals surface area contributed by atoms with Crippen molar-refractivity contribution in [2.45, 2.75) is 20.3 Å². The molecule has 0 bridgehead atoms. The largest absolute Gasteiger partial charge is 0.477 e. The van der Waals surface area contributed by atoms with E-state index in [2.05, 4.69) is 17.9 Å². The van der Waals surface area contributed by atoms with Gasteiger partial charge in [0.25, 0.3) is 0 Å². The van der Waals surface area contributed by atoms with Gasteiger partial charge in [-0.25, -0.2) is 4.79 Å². The average Bonchev–Trinajstić information content (AvgIpc) is 2.34. The SMILES string of the molecule is Cc1cccc(C)c1NC(CCS)=C(C#N)C(=O)O. The fraction of sp³-hybridized carbons (Fsp3) is 0.286. The number of aryl methyl sites for hydroxylation is 2. The predicted molar refractivity (Wildman–Crippen MR) is 78.3 cm³/mol. The lowest BCUT2D eigenvalue weighted by Gasteiger charge is -2.15. The minimum atomic E-state index is -1.22. The normalized spacial score (nSPS) is 11.5. The van der Waals surface area contributed by atoms with Gasteiger partial charge in [0, 0.05) is 11.4 Å². The summed E-state index contributed by atoms with van der Waals surface area (Å²) in [6.45, 7) is 3.86. The first-order valence-corrected chi connectivity index (χ1v) is 6.45. The highest BCUT2D eigenvalue weighted by Crippen LogP contribution is 2.23. The van der Waals surface area contributed by atoms with E-state index in [1.807, 2.05) is 32.0 Å². The number of rotatable bonds is 5. The number of carboxylic acid groups (broad SMARTS) is 1. The van der Waals surface area contributed by atoms with Crippen molar-refractivity contribution in [2.75, 3.05) is 11.1 Å². The van der Waals surface area contributed by atoms with Crippen molar-refractivity contribution < 1.29 is 9.90 Å². The lowest BCUT2D eigenvalue weighted by atomic mass is 10.1. The summed E-state index contributed by atoms with van der Waals surface area (Å²) >= 11 is 4.10. The van der Waals surface area contributed by atoms with Gasteiger partial charge in [-0.05, 0) is 37.1 Å². The zero-order chi connectivity index (χ0) is 14.4. The Bertz CT molecular complexity index is 539. The van der Waals surface area contributed by atoms with E-state index in [4.69, 9.17) is 10.4 Å². The van der Waals surface area contributed by atoms with E-state index in [1.54, 1.807) is 6.07 Å². The van der Waals surface area contributed by atoms with Crippen LogP contribution in [0.15, 0.2) is 29.5 Å². The average molecular weight is 276 g/mol. The number of nitrogens with one attached hydrogen (secondary N) is 1. The Morgan fingerprint density at radius 3 is 2.42 bits per heavy atom. The zero-order valence-corrected chi connectivity index (χ0v) is 11.8. The zero-order valence-electron chi connectivity index (χ0n) is 10.9. The smallest absolute Gasteiger partial charge is 0.348 e. The topological polar surface area (TPSA) is 73.1 Å². The quantitative estimate of drug-likeness (QED) is 0.439. The van der Waals surface area contributed by atoms with E-state index in [0.29, 0.717) is 17.9 Å². The lowest BCUT2D eigenvalue weighted by Crippen LogP contribution is -2.11. The monoisotopic (exact) mass is 276 g/mol. The van der Waals surface area contributed by atoms with Crippen LogP contribution in [0.3, 0.4) is 0 Å². The number of hydrogen-bond acceptors (Lipinski definition) is 4. The molecule has 1 aromatic rings. The highest BCUT2D eigenvalue weighted by atomic mass is 32.1. The number of anilines is 1. The first kappa shape index (κ1) is 15.1. The molecule has 100 valence electrons. The standard InChI is InChI=1S/C14H16N2O2S/c1-9-4-3-5-10(2)13(9)16-12(6-7-19)11(8-15)14(17)18/h3-5,16,19H,6-7H2,1-2H3,(H,17,18). The second kappa shape index (κ2) is 6.86. The van der Waals surface area contributed by atoms with E-state index in [9.17, 15) is 4.79 Å². The van der Waals surface area contributed by atoms with Crippen LogP contribution in [-0.4, -0.2) is 16.8 Å². The number of allylic oxidation sites excluding steroid dienone is 1.